The second kappa shape index (κ2) is 31.9. The van der Waals surface area contributed by atoms with Crippen molar-refractivity contribution in [1.29, 1.82) is 0 Å². The van der Waals surface area contributed by atoms with E-state index in [0.29, 0.717) is 34.2 Å². The summed E-state index contributed by atoms with van der Waals surface area (Å²) in [6, 6.07) is 48.1. The first kappa shape index (κ1) is 62.6. The quantitative estimate of drug-likeness (QED) is 0.0622. The minimum absolute atomic E-state index is 0.0328. The molecule has 0 aromatic heterocycles. The molecule has 1 saturated carbocycles. The second-order valence-corrected chi connectivity index (χ2v) is 24.0. The number of unbranched alkanes of at least 4 members (excludes halogenated alkanes) is 9. The predicted molar refractivity (Wildman–Crippen MR) is 316 cm³/mol. The molecule has 6 aromatic rings. The lowest BCUT2D eigenvalue weighted by molar-refractivity contribution is 0.284. The van der Waals surface area contributed by atoms with E-state index >= 15 is 0 Å². The number of hydrogen-bond donors (Lipinski definition) is 5. The van der Waals surface area contributed by atoms with Crippen molar-refractivity contribution < 1.29 is 25.5 Å². The van der Waals surface area contributed by atoms with E-state index in [4.69, 9.17) is 10.2 Å². The molecule has 5 heteroatoms. The predicted octanol–water partition coefficient (Wildman–Crippen LogP) is 19.8. The monoisotopic (exact) mass is 1010 g/mol. The Labute approximate surface area is 450 Å². The Hall–Kier alpha value is -5.68. The van der Waals surface area contributed by atoms with Crippen LogP contribution < -0.4 is 0 Å². The fourth-order valence-corrected chi connectivity index (χ4v) is 9.86. The summed E-state index contributed by atoms with van der Waals surface area (Å²) in [5.74, 6) is 2.47. The Kier molecular flexibility index (Phi) is 27.0. The molecule has 0 unspecified atom stereocenters. The van der Waals surface area contributed by atoms with Crippen molar-refractivity contribution in [2.45, 2.75) is 207 Å². The van der Waals surface area contributed by atoms with Crippen LogP contribution in [0.25, 0.3) is 0 Å². The molecule has 1 fully saturated rings. The Bertz CT molecular complexity index is 2340. The van der Waals surface area contributed by atoms with Crippen molar-refractivity contribution in [1.82, 2.24) is 0 Å². The maximum atomic E-state index is 9.29. The normalized spacial score (nSPS) is 12.9. The van der Waals surface area contributed by atoms with E-state index in [-0.39, 0.29) is 16.2 Å². The van der Waals surface area contributed by atoms with Gasteiger partial charge in [0.2, 0.25) is 0 Å². The van der Waals surface area contributed by atoms with E-state index < -0.39 is 0 Å². The van der Waals surface area contributed by atoms with Crippen LogP contribution in [0.1, 0.15) is 218 Å². The van der Waals surface area contributed by atoms with Gasteiger partial charge in [0.1, 0.15) is 28.7 Å². The molecule has 0 heterocycles. The number of phenolic OH excluding ortho intramolecular Hbond substituents is 5. The van der Waals surface area contributed by atoms with Crippen LogP contribution in [0.2, 0.25) is 0 Å². The van der Waals surface area contributed by atoms with Crippen molar-refractivity contribution in [3.05, 3.63) is 185 Å². The topological polar surface area (TPSA) is 101 Å². The molecule has 0 amide bonds. The summed E-state index contributed by atoms with van der Waals surface area (Å²) in [5, 5.41) is 45.9. The third-order valence-corrected chi connectivity index (χ3v) is 14.2. The summed E-state index contributed by atoms with van der Waals surface area (Å²) in [4.78, 5) is 0. The minimum atomic E-state index is -0.0328. The van der Waals surface area contributed by atoms with E-state index in [1.54, 1.807) is 60.7 Å². The largest absolute Gasteiger partial charge is 0.508 e. The molecule has 6 aromatic carbocycles. The second-order valence-electron chi connectivity index (χ2n) is 24.0. The number of benzene rings is 6. The molecular formula is C69H98O5. The van der Waals surface area contributed by atoms with Crippen molar-refractivity contribution in [2.24, 2.45) is 5.41 Å². The number of phenols is 5. The fraction of sp³-hybridized carbons (Fsp3) is 0.478. The van der Waals surface area contributed by atoms with Crippen molar-refractivity contribution in [3.8, 4) is 28.7 Å². The van der Waals surface area contributed by atoms with E-state index in [0.717, 1.165) is 18.8 Å². The van der Waals surface area contributed by atoms with Crippen LogP contribution in [0.5, 0.6) is 28.7 Å². The van der Waals surface area contributed by atoms with Gasteiger partial charge in [0.25, 0.3) is 0 Å². The van der Waals surface area contributed by atoms with Gasteiger partial charge in [0.15, 0.2) is 0 Å². The summed E-state index contributed by atoms with van der Waals surface area (Å²) in [7, 11) is 0. The maximum absolute atomic E-state index is 9.29. The molecule has 5 N–H and O–H groups in total. The van der Waals surface area contributed by atoms with Gasteiger partial charge >= 0.3 is 0 Å². The van der Waals surface area contributed by atoms with E-state index in [1.165, 1.54) is 130 Å². The molecule has 74 heavy (non-hydrogen) atoms. The zero-order valence-electron chi connectivity index (χ0n) is 47.8. The highest BCUT2D eigenvalue weighted by atomic mass is 16.3. The smallest absolute Gasteiger partial charge is 0.115 e. The Morgan fingerprint density at radius 1 is 0.378 bits per heavy atom. The Balaban J connectivity index is 0.000000246. The Morgan fingerprint density at radius 3 is 1.16 bits per heavy atom. The van der Waals surface area contributed by atoms with Gasteiger partial charge in [0, 0.05) is 5.41 Å². The Morgan fingerprint density at radius 2 is 0.743 bits per heavy atom. The highest BCUT2D eigenvalue weighted by Gasteiger charge is 2.27. The first-order chi connectivity index (χ1) is 35.0. The van der Waals surface area contributed by atoms with Crippen LogP contribution in [-0.4, -0.2) is 25.5 Å². The summed E-state index contributed by atoms with van der Waals surface area (Å²) >= 11 is 0. The molecule has 1 aliphatic rings. The number of hydrogen-bond acceptors (Lipinski definition) is 5. The van der Waals surface area contributed by atoms with E-state index in [9.17, 15) is 15.3 Å². The van der Waals surface area contributed by atoms with E-state index in [1.807, 2.05) is 54.6 Å². The zero-order valence-corrected chi connectivity index (χ0v) is 47.8. The molecule has 0 bridgehead atoms. The van der Waals surface area contributed by atoms with Crippen LogP contribution in [0.3, 0.4) is 0 Å². The van der Waals surface area contributed by atoms with Crippen molar-refractivity contribution in [2.75, 3.05) is 0 Å². The van der Waals surface area contributed by atoms with E-state index in [2.05, 4.69) is 113 Å². The van der Waals surface area contributed by atoms with Gasteiger partial charge in [-0.1, -0.05) is 244 Å². The van der Waals surface area contributed by atoms with Crippen molar-refractivity contribution >= 4 is 0 Å². The van der Waals surface area contributed by atoms with Crippen LogP contribution in [-0.2, 0) is 22.7 Å². The third kappa shape index (κ3) is 25.0. The van der Waals surface area contributed by atoms with Gasteiger partial charge in [0.05, 0.1) is 0 Å². The standard InChI is InChI=1S/C18H30O.C15H16O.C14H22O.C12H16O.C10H14O/c1-2-3-4-5-6-7-8-9-10-11-12-17-13-15-18(19)16-14-17;1-15(2,12-6-4-3-5-7-12)13-8-10-14(16)11-9-13;1-13(2,3)10-14(4,5)11-6-8-12(15)9-7-11;13-12-8-6-11(7-9-12)10-4-2-1-3-5-10;1-10(2,3)8-4-6-9(11)7-5-8/h13-16,19H,2-12H2,1H3;3-11,16H,1-2H3;6-9,15H,10H2,1-5H3;6-10,13H,1-5H2;4-7,11H,1-3H3. The van der Waals surface area contributed by atoms with Crippen LogP contribution in [0.4, 0.5) is 0 Å². The van der Waals surface area contributed by atoms with Gasteiger partial charge in [-0.25, -0.2) is 0 Å². The van der Waals surface area contributed by atoms with Crippen LogP contribution in [0, 0.1) is 5.41 Å². The van der Waals surface area contributed by atoms with Gasteiger partial charge < -0.3 is 25.5 Å². The highest BCUT2D eigenvalue weighted by Crippen LogP contribution is 2.37. The fourth-order valence-electron chi connectivity index (χ4n) is 9.86. The van der Waals surface area contributed by atoms with Crippen LogP contribution >= 0.6 is 0 Å². The first-order valence-corrected chi connectivity index (χ1v) is 28.0. The number of rotatable bonds is 16. The summed E-state index contributed by atoms with van der Waals surface area (Å²) < 4.78 is 0. The maximum Gasteiger partial charge on any atom is 0.115 e. The molecule has 1 aliphatic carbocycles. The average molecular weight is 1010 g/mol. The minimum Gasteiger partial charge on any atom is -0.508 e. The molecule has 7 rings (SSSR count). The summed E-state index contributed by atoms with van der Waals surface area (Å²) in [6.45, 7) is 24.4. The molecule has 5 nitrogen and oxygen atoms in total. The molecule has 0 atom stereocenters. The molecule has 0 aliphatic heterocycles. The van der Waals surface area contributed by atoms with Crippen LogP contribution in [0.15, 0.2) is 152 Å². The molecule has 0 radical (unpaired) electrons. The van der Waals surface area contributed by atoms with Gasteiger partial charge in [-0.15, -0.1) is 0 Å². The number of aromatic hydroxyl groups is 5. The SMILES string of the molecule is CC(C)(C)CC(C)(C)c1ccc(O)cc1.CC(C)(C)c1ccc(O)cc1.CC(C)(c1ccccc1)c1ccc(O)cc1.CCCCCCCCCCCCc1ccc(O)cc1.Oc1ccc(C2CCCCC2)cc1. The zero-order chi connectivity index (χ0) is 54.6. The number of aryl methyl sites for hydroxylation is 1. The molecule has 0 spiro atoms. The molecular weight excluding hydrogens is 909 g/mol. The highest BCUT2D eigenvalue weighted by molar-refractivity contribution is 5.40. The van der Waals surface area contributed by atoms with Gasteiger partial charge in [-0.3, -0.25) is 0 Å². The third-order valence-electron chi connectivity index (χ3n) is 14.2. The lowest BCUT2D eigenvalue weighted by Crippen LogP contribution is -2.24. The lowest BCUT2D eigenvalue weighted by atomic mass is 9.72. The lowest BCUT2D eigenvalue weighted by Gasteiger charge is -2.33. The molecule has 404 valence electrons. The molecule has 0 saturated heterocycles. The summed E-state index contributed by atoms with van der Waals surface area (Å²) in [6.07, 6.45) is 22.9. The first-order valence-electron chi connectivity index (χ1n) is 28.0. The van der Waals surface area contributed by atoms with Crippen molar-refractivity contribution in [3.63, 3.8) is 0 Å². The van der Waals surface area contributed by atoms with Gasteiger partial charge in [-0.05, 0) is 148 Å². The average Bonchev–Trinajstić information content (AvgIpc) is 3.36. The van der Waals surface area contributed by atoms with Gasteiger partial charge in [-0.2, -0.15) is 0 Å². The summed E-state index contributed by atoms with van der Waals surface area (Å²) in [5.41, 5.74) is 8.38.